The summed E-state index contributed by atoms with van der Waals surface area (Å²) >= 11 is 0. The highest BCUT2D eigenvalue weighted by Crippen LogP contribution is 2.24. The van der Waals surface area contributed by atoms with Gasteiger partial charge in [-0.15, -0.1) is 0 Å². The van der Waals surface area contributed by atoms with Gasteiger partial charge in [0.2, 0.25) is 21.7 Å². The number of nitrogens with zero attached hydrogens (tertiary/aromatic N) is 3. The molecule has 7 nitrogen and oxygen atoms in total. The fourth-order valence-corrected chi connectivity index (χ4v) is 3.99. The molecule has 3 aromatic rings. The number of benzene rings is 1. The van der Waals surface area contributed by atoms with Crippen LogP contribution in [0, 0.1) is 11.7 Å². The van der Waals surface area contributed by atoms with Crippen LogP contribution in [-0.2, 0) is 15.8 Å². The molecule has 1 unspecified atom stereocenters. The first-order valence-corrected chi connectivity index (χ1v) is 9.98. The SMILES string of the molecule is CC(C)C(NS(=O)(=O)Cc1ccccc1F)c1nc(-c2cccnc2)no1. The van der Waals surface area contributed by atoms with Gasteiger partial charge in [-0.3, -0.25) is 4.98 Å². The summed E-state index contributed by atoms with van der Waals surface area (Å²) in [5.41, 5.74) is 0.748. The van der Waals surface area contributed by atoms with Gasteiger partial charge < -0.3 is 4.52 Å². The third kappa shape index (κ3) is 4.75. The molecule has 1 atom stereocenters. The van der Waals surface area contributed by atoms with Gasteiger partial charge in [0.25, 0.3) is 0 Å². The van der Waals surface area contributed by atoms with E-state index < -0.39 is 27.6 Å². The Bertz CT molecular complexity index is 1010. The van der Waals surface area contributed by atoms with E-state index in [1.165, 1.54) is 18.2 Å². The van der Waals surface area contributed by atoms with Gasteiger partial charge in [0.1, 0.15) is 11.9 Å². The molecular formula is C18H19FN4O3S. The van der Waals surface area contributed by atoms with Crippen LogP contribution in [0.4, 0.5) is 4.39 Å². The van der Waals surface area contributed by atoms with Crippen molar-refractivity contribution in [3.05, 3.63) is 66.1 Å². The second-order valence-electron chi connectivity index (χ2n) is 6.39. The first-order chi connectivity index (χ1) is 12.9. The Morgan fingerprint density at radius 1 is 1.19 bits per heavy atom. The van der Waals surface area contributed by atoms with Crippen LogP contribution in [-0.4, -0.2) is 23.5 Å². The monoisotopic (exact) mass is 390 g/mol. The van der Waals surface area contributed by atoms with Gasteiger partial charge in [0.05, 0.1) is 5.75 Å². The zero-order chi connectivity index (χ0) is 19.4. The van der Waals surface area contributed by atoms with Crippen LogP contribution in [0.25, 0.3) is 11.4 Å². The molecule has 0 bridgehead atoms. The molecule has 142 valence electrons. The molecule has 0 fully saturated rings. The summed E-state index contributed by atoms with van der Waals surface area (Å²) in [4.78, 5) is 8.29. The van der Waals surface area contributed by atoms with E-state index in [4.69, 9.17) is 4.52 Å². The quantitative estimate of drug-likeness (QED) is 0.666. The molecule has 0 amide bonds. The number of rotatable bonds is 7. The van der Waals surface area contributed by atoms with Crippen molar-refractivity contribution in [2.24, 2.45) is 5.92 Å². The lowest BCUT2D eigenvalue weighted by atomic mass is 10.1. The maximum absolute atomic E-state index is 13.8. The lowest BCUT2D eigenvalue weighted by Crippen LogP contribution is -2.33. The van der Waals surface area contributed by atoms with Crippen LogP contribution in [0.3, 0.4) is 0 Å². The molecule has 9 heteroatoms. The highest BCUT2D eigenvalue weighted by Gasteiger charge is 2.28. The van der Waals surface area contributed by atoms with Gasteiger partial charge in [-0.05, 0) is 24.1 Å². The Hall–Kier alpha value is -2.65. The number of hydrogen-bond acceptors (Lipinski definition) is 6. The maximum atomic E-state index is 13.8. The van der Waals surface area contributed by atoms with E-state index in [0.29, 0.717) is 11.4 Å². The predicted octanol–water partition coefficient (Wildman–Crippen LogP) is 3.09. The first-order valence-electron chi connectivity index (χ1n) is 8.33. The van der Waals surface area contributed by atoms with Crippen molar-refractivity contribution in [2.45, 2.75) is 25.6 Å². The predicted molar refractivity (Wildman–Crippen MR) is 97.3 cm³/mol. The van der Waals surface area contributed by atoms with E-state index in [2.05, 4.69) is 19.8 Å². The largest absolute Gasteiger partial charge is 0.337 e. The van der Waals surface area contributed by atoms with Crippen molar-refractivity contribution in [3.8, 4) is 11.4 Å². The fourth-order valence-electron chi connectivity index (χ4n) is 2.50. The van der Waals surface area contributed by atoms with Crippen LogP contribution >= 0.6 is 0 Å². The van der Waals surface area contributed by atoms with E-state index in [1.54, 1.807) is 30.6 Å². The van der Waals surface area contributed by atoms with Crippen LogP contribution in [0.2, 0.25) is 0 Å². The highest BCUT2D eigenvalue weighted by atomic mass is 32.2. The van der Waals surface area contributed by atoms with Crippen LogP contribution in [0.15, 0.2) is 53.3 Å². The molecule has 1 aromatic carbocycles. The topological polar surface area (TPSA) is 98.0 Å². The third-order valence-electron chi connectivity index (χ3n) is 3.90. The molecule has 0 saturated carbocycles. The van der Waals surface area contributed by atoms with Gasteiger partial charge in [-0.25, -0.2) is 17.5 Å². The second kappa shape index (κ2) is 7.93. The summed E-state index contributed by atoms with van der Waals surface area (Å²) in [6, 6.07) is 8.53. The molecule has 2 heterocycles. The standard InChI is InChI=1S/C18H19FN4O3S/c1-12(2)16(18-21-17(22-26-18)13-7-5-9-20-10-13)23-27(24,25)11-14-6-3-4-8-15(14)19/h3-10,12,16,23H,11H2,1-2H3. The number of sulfonamides is 1. The zero-order valence-electron chi connectivity index (χ0n) is 14.8. The summed E-state index contributed by atoms with van der Waals surface area (Å²) < 4.78 is 46.7. The van der Waals surface area contributed by atoms with E-state index in [0.717, 1.165) is 0 Å². The lowest BCUT2D eigenvalue weighted by Gasteiger charge is -2.18. The van der Waals surface area contributed by atoms with Crippen molar-refractivity contribution in [1.82, 2.24) is 19.8 Å². The zero-order valence-corrected chi connectivity index (χ0v) is 15.6. The molecule has 3 rings (SSSR count). The Kier molecular flexibility index (Phi) is 5.62. The normalized spacial score (nSPS) is 13.0. The lowest BCUT2D eigenvalue weighted by molar-refractivity contribution is 0.311. The summed E-state index contributed by atoms with van der Waals surface area (Å²) in [7, 11) is -3.84. The molecular weight excluding hydrogens is 371 g/mol. The Morgan fingerprint density at radius 3 is 2.63 bits per heavy atom. The highest BCUT2D eigenvalue weighted by molar-refractivity contribution is 7.88. The van der Waals surface area contributed by atoms with E-state index in [9.17, 15) is 12.8 Å². The van der Waals surface area contributed by atoms with Gasteiger partial charge in [0, 0.05) is 23.5 Å². The Labute approximate surface area is 156 Å². The number of nitrogens with one attached hydrogen (secondary N) is 1. The van der Waals surface area contributed by atoms with Gasteiger partial charge in [-0.1, -0.05) is 37.2 Å². The number of hydrogen-bond donors (Lipinski definition) is 1. The molecule has 0 radical (unpaired) electrons. The van der Waals surface area contributed by atoms with Crippen molar-refractivity contribution < 1.29 is 17.3 Å². The number of aromatic nitrogens is 3. The molecule has 0 spiro atoms. The smallest absolute Gasteiger partial charge is 0.245 e. The van der Waals surface area contributed by atoms with Crippen molar-refractivity contribution in [2.75, 3.05) is 0 Å². The summed E-state index contributed by atoms with van der Waals surface area (Å²) in [6.07, 6.45) is 3.21. The van der Waals surface area contributed by atoms with E-state index in [-0.39, 0.29) is 17.4 Å². The van der Waals surface area contributed by atoms with Crippen molar-refractivity contribution in [3.63, 3.8) is 0 Å². The summed E-state index contributed by atoms with van der Waals surface area (Å²) in [6.45, 7) is 3.65. The minimum Gasteiger partial charge on any atom is -0.337 e. The maximum Gasteiger partial charge on any atom is 0.245 e. The van der Waals surface area contributed by atoms with Crippen molar-refractivity contribution in [1.29, 1.82) is 0 Å². The minimum atomic E-state index is -3.84. The van der Waals surface area contributed by atoms with E-state index >= 15 is 0 Å². The minimum absolute atomic E-state index is 0.0917. The molecule has 27 heavy (non-hydrogen) atoms. The molecule has 1 N–H and O–H groups in total. The molecule has 2 aromatic heterocycles. The number of pyridine rings is 1. The summed E-state index contributed by atoms with van der Waals surface area (Å²) in [5, 5.41) is 3.90. The number of halogens is 1. The first kappa shape index (κ1) is 19.1. The van der Waals surface area contributed by atoms with E-state index in [1.807, 2.05) is 13.8 Å². The van der Waals surface area contributed by atoms with Crippen LogP contribution in [0.1, 0.15) is 31.3 Å². The Balaban J connectivity index is 1.82. The molecule has 0 aliphatic carbocycles. The van der Waals surface area contributed by atoms with Gasteiger partial charge in [0.15, 0.2) is 0 Å². The van der Waals surface area contributed by atoms with Gasteiger partial charge >= 0.3 is 0 Å². The van der Waals surface area contributed by atoms with Crippen molar-refractivity contribution >= 4 is 10.0 Å². The second-order valence-corrected chi connectivity index (χ2v) is 8.14. The van der Waals surface area contributed by atoms with Crippen LogP contribution < -0.4 is 4.72 Å². The Morgan fingerprint density at radius 2 is 1.96 bits per heavy atom. The molecule has 0 saturated heterocycles. The third-order valence-corrected chi connectivity index (χ3v) is 5.21. The molecule has 0 aliphatic heterocycles. The summed E-state index contributed by atoms with van der Waals surface area (Å²) in [5.74, 6) is -0.756. The van der Waals surface area contributed by atoms with Crippen LogP contribution in [0.5, 0.6) is 0 Å². The average molecular weight is 390 g/mol. The van der Waals surface area contributed by atoms with Gasteiger partial charge in [-0.2, -0.15) is 4.98 Å². The fraction of sp³-hybridized carbons (Fsp3) is 0.278. The average Bonchev–Trinajstić information content (AvgIpc) is 3.12. The molecule has 0 aliphatic rings.